The first kappa shape index (κ1) is 24.1. The largest absolute Gasteiger partial charge is 0.371 e. The zero-order valence-corrected chi connectivity index (χ0v) is 20.8. The number of hydrogen-bond acceptors (Lipinski definition) is 3. The summed E-state index contributed by atoms with van der Waals surface area (Å²) in [5, 5.41) is 5.81. The maximum Gasteiger partial charge on any atom is 0.323 e. The van der Waals surface area contributed by atoms with Crippen LogP contribution in [-0.2, 0) is 6.42 Å². The number of urea groups is 1. The molecule has 0 aliphatic carbocycles. The van der Waals surface area contributed by atoms with Crippen LogP contribution in [0.25, 0.3) is 0 Å². The number of carbonyl (C=O) groups is 2. The Bertz CT molecular complexity index is 988. The van der Waals surface area contributed by atoms with Gasteiger partial charge < -0.3 is 20.4 Å². The lowest BCUT2D eigenvalue weighted by molar-refractivity contribution is 0.0697. The average Bonchev–Trinajstić information content (AvgIpc) is 2.85. The van der Waals surface area contributed by atoms with Crippen LogP contribution in [0.4, 0.5) is 21.9 Å². The molecule has 0 aromatic heterocycles. The van der Waals surface area contributed by atoms with Gasteiger partial charge >= 0.3 is 6.03 Å². The number of benzene rings is 2. The van der Waals surface area contributed by atoms with Gasteiger partial charge in [-0.1, -0.05) is 32.9 Å². The minimum absolute atomic E-state index is 0.0692. The normalized spacial score (nSPS) is 17.5. The van der Waals surface area contributed by atoms with Crippen molar-refractivity contribution in [3.05, 3.63) is 53.6 Å². The third-order valence-electron chi connectivity index (χ3n) is 7.30. The van der Waals surface area contributed by atoms with E-state index in [-0.39, 0.29) is 11.9 Å². The summed E-state index contributed by atoms with van der Waals surface area (Å²) in [5.74, 6) is 1.45. The number of piperidine rings is 2. The van der Waals surface area contributed by atoms with E-state index in [9.17, 15) is 9.59 Å². The molecule has 2 fully saturated rings. The highest BCUT2D eigenvalue weighted by Crippen LogP contribution is 2.31. The zero-order valence-electron chi connectivity index (χ0n) is 20.8. The number of likely N-dealkylation sites (tertiary alicyclic amines) is 1. The minimum Gasteiger partial charge on any atom is -0.371 e. The number of nitrogens with one attached hydrogen (secondary N) is 2. The molecule has 2 aliphatic rings. The van der Waals surface area contributed by atoms with E-state index in [0.717, 1.165) is 75.6 Å². The first-order valence-electron chi connectivity index (χ1n) is 12.8. The van der Waals surface area contributed by atoms with Crippen LogP contribution in [0.15, 0.2) is 42.5 Å². The summed E-state index contributed by atoms with van der Waals surface area (Å²) >= 11 is 0. The fraction of sp³-hybridized carbons (Fsp3) is 0.500. The van der Waals surface area contributed by atoms with Crippen LogP contribution in [0.2, 0.25) is 0 Å². The number of aryl methyl sites for hydroxylation is 1. The van der Waals surface area contributed by atoms with Crippen molar-refractivity contribution >= 4 is 29.0 Å². The predicted molar refractivity (Wildman–Crippen MR) is 140 cm³/mol. The van der Waals surface area contributed by atoms with Crippen LogP contribution in [0.1, 0.15) is 62.4 Å². The Morgan fingerprint density at radius 3 is 2.00 bits per heavy atom. The van der Waals surface area contributed by atoms with Gasteiger partial charge in [0.1, 0.15) is 0 Å². The third-order valence-corrected chi connectivity index (χ3v) is 7.30. The summed E-state index contributed by atoms with van der Waals surface area (Å²) in [6, 6.07) is 13.3. The predicted octanol–water partition coefficient (Wildman–Crippen LogP) is 6.00. The van der Waals surface area contributed by atoms with E-state index in [1.165, 1.54) is 5.56 Å². The van der Waals surface area contributed by atoms with Crippen molar-refractivity contribution in [2.45, 2.75) is 52.9 Å². The van der Waals surface area contributed by atoms with Crippen molar-refractivity contribution < 1.29 is 9.59 Å². The monoisotopic (exact) mass is 462 g/mol. The van der Waals surface area contributed by atoms with Gasteiger partial charge in [0.2, 0.25) is 0 Å². The lowest BCUT2D eigenvalue weighted by Gasteiger charge is -2.35. The molecule has 0 unspecified atom stereocenters. The van der Waals surface area contributed by atoms with Gasteiger partial charge in [-0.05, 0) is 79.8 Å². The lowest BCUT2D eigenvalue weighted by atomic mass is 9.96. The summed E-state index contributed by atoms with van der Waals surface area (Å²) in [6.07, 6.45) is 5.31. The standard InChI is InChI=1S/C28H38N4O2/c1-4-22-5-7-23(8-6-22)29-28(34)30-24-9-10-26(31-15-11-20(2)12-16-31)25(19-24)27(33)32-17-13-21(3)14-18-32/h5-10,19-21H,4,11-18H2,1-3H3,(H2,29,30,34). The highest BCUT2D eigenvalue weighted by Gasteiger charge is 2.27. The van der Waals surface area contributed by atoms with Gasteiger partial charge in [0.05, 0.1) is 5.56 Å². The van der Waals surface area contributed by atoms with Gasteiger partial charge in [-0.2, -0.15) is 0 Å². The summed E-state index contributed by atoms with van der Waals surface area (Å²) < 4.78 is 0. The van der Waals surface area contributed by atoms with E-state index in [1.54, 1.807) is 0 Å². The molecule has 2 N–H and O–H groups in total. The third kappa shape index (κ3) is 5.91. The van der Waals surface area contributed by atoms with E-state index in [0.29, 0.717) is 17.2 Å². The van der Waals surface area contributed by atoms with Crippen LogP contribution < -0.4 is 15.5 Å². The summed E-state index contributed by atoms with van der Waals surface area (Å²) in [5.41, 5.74) is 4.27. The molecule has 2 aromatic rings. The molecule has 2 aromatic carbocycles. The second-order valence-electron chi connectivity index (χ2n) is 10.0. The second kappa shape index (κ2) is 10.9. The lowest BCUT2D eigenvalue weighted by Crippen LogP contribution is -2.40. The fourth-order valence-electron chi connectivity index (χ4n) is 4.81. The molecule has 0 bridgehead atoms. The van der Waals surface area contributed by atoms with Crippen molar-refractivity contribution in [3.8, 4) is 0 Å². The van der Waals surface area contributed by atoms with E-state index in [1.807, 2.05) is 47.4 Å². The Kier molecular flexibility index (Phi) is 7.76. The molecule has 182 valence electrons. The SMILES string of the molecule is CCc1ccc(NC(=O)Nc2ccc(N3CCC(C)CC3)c(C(=O)N3CCC(C)CC3)c2)cc1. The Morgan fingerprint density at radius 2 is 1.38 bits per heavy atom. The van der Waals surface area contributed by atoms with Crippen molar-refractivity contribution in [2.24, 2.45) is 11.8 Å². The van der Waals surface area contributed by atoms with Gasteiger partial charge in [0.25, 0.3) is 5.91 Å². The quantitative estimate of drug-likeness (QED) is 0.573. The fourth-order valence-corrected chi connectivity index (χ4v) is 4.81. The Morgan fingerprint density at radius 1 is 0.824 bits per heavy atom. The number of anilines is 3. The topological polar surface area (TPSA) is 64.7 Å². The molecule has 4 rings (SSSR count). The van der Waals surface area contributed by atoms with Gasteiger partial charge in [0.15, 0.2) is 0 Å². The molecule has 0 radical (unpaired) electrons. The van der Waals surface area contributed by atoms with Gasteiger partial charge in [-0.3, -0.25) is 4.79 Å². The molecule has 2 aliphatic heterocycles. The minimum atomic E-state index is -0.311. The highest BCUT2D eigenvalue weighted by molar-refractivity contribution is 6.04. The van der Waals surface area contributed by atoms with E-state index >= 15 is 0 Å². The second-order valence-corrected chi connectivity index (χ2v) is 10.0. The first-order valence-corrected chi connectivity index (χ1v) is 12.8. The molecule has 34 heavy (non-hydrogen) atoms. The molecule has 6 nitrogen and oxygen atoms in total. The van der Waals surface area contributed by atoms with Crippen LogP contribution in [0.5, 0.6) is 0 Å². The smallest absolute Gasteiger partial charge is 0.323 e. The number of rotatable bonds is 5. The highest BCUT2D eigenvalue weighted by atomic mass is 16.2. The van der Waals surface area contributed by atoms with E-state index < -0.39 is 0 Å². The van der Waals surface area contributed by atoms with Crippen molar-refractivity contribution in [3.63, 3.8) is 0 Å². The molecular weight excluding hydrogens is 424 g/mol. The van der Waals surface area contributed by atoms with Crippen LogP contribution in [-0.4, -0.2) is 43.0 Å². The van der Waals surface area contributed by atoms with E-state index in [2.05, 4.69) is 36.3 Å². The summed E-state index contributed by atoms with van der Waals surface area (Å²) in [7, 11) is 0. The van der Waals surface area contributed by atoms with Crippen molar-refractivity contribution in [1.29, 1.82) is 0 Å². The van der Waals surface area contributed by atoms with E-state index in [4.69, 9.17) is 0 Å². The van der Waals surface area contributed by atoms with Gasteiger partial charge in [-0.15, -0.1) is 0 Å². The maximum absolute atomic E-state index is 13.6. The average molecular weight is 463 g/mol. The Labute approximate surface area is 203 Å². The Hall–Kier alpha value is -3.02. The van der Waals surface area contributed by atoms with Crippen LogP contribution in [0.3, 0.4) is 0 Å². The summed E-state index contributed by atoms with van der Waals surface area (Å²) in [4.78, 5) is 30.6. The van der Waals surface area contributed by atoms with Crippen LogP contribution >= 0.6 is 0 Å². The molecular formula is C28H38N4O2. The molecule has 0 spiro atoms. The number of carbonyl (C=O) groups excluding carboxylic acids is 2. The van der Waals surface area contributed by atoms with Crippen molar-refractivity contribution in [1.82, 2.24) is 4.90 Å². The van der Waals surface area contributed by atoms with Gasteiger partial charge in [0, 0.05) is 43.2 Å². The number of hydrogen-bond donors (Lipinski definition) is 2. The molecule has 6 heteroatoms. The number of amides is 3. The summed E-state index contributed by atoms with van der Waals surface area (Å²) in [6.45, 7) is 10.1. The molecule has 0 atom stereocenters. The first-order chi connectivity index (χ1) is 16.4. The number of nitrogens with zero attached hydrogens (tertiary/aromatic N) is 2. The molecule has 2 heterocycles. The molecule has 3 amide bonds. The maximum atomic E-state index is 13.6. The molecule has 0 saturated carbocycles. The Balaban J connectivity index is 1.52. The molecule has 2 saturated heterocycles. The van der Waals surface area contributed by atoms with Crippen LogP contribution in [0, 0.1) is 11.8 Å². The van der Waals surface area contributed by atoms with Gasteiger partial charge in [-0.25, -0.2) is 4.79 Å². The zero-order chi connectivity index (χ0) is 24.1. The van der Waals surface area contributed by atoms with Crippen molar-refractivity contribution in [2.75, 3.05) is 41.7 Å².